The lowest BCUT2D eigenvalue weighted by Crippen LogP contribution is -2.58. The second-order valence-electron chi connectivity index (χ2n) is 14.8. The number of halogens is 1. The third-order valence-corrected chi connectivity index (χ3v) is 10.3. The van der Waals surface area contributed by atoms with E-state index in [1.165, 1.54) is 56.9 Å². The standard InChI is InChI=1S/C38H59ClN6/c1-26(27(2)40)35(23-31-13-12-14-31)41-28(3)36-25-44(21-22-45(36)24-32-17-19-33(39)20-18-32)29(4)37(38(6,7)8)43-30(5)42-34-15-10-9-11-16-34/h17-20,31,34-37,41-43H,1-5,9-16,21-25,40H2,6-8H3/t35?,36?,37-/m1/s1. The number of piperazine rings is 1. The number of benzene rings is 1. The summed E-state index contributed by atoms with van der Waals surface area (Å²) >= 11 is 6.22. The summed E-state index contributed by atoms with van der Waals surface area (Å²) in [7, 11) is 0. The van der Waals surface area contributed by atoms with E-state index in [9.17, 15) is 0 Å². The molecule has 6 nitrogen and oxygen atoms in total. The summed E-state index contributed by atoms with van der Waals surface area (Å²) in [4.78, 5) is 4.97. The first-order valence-electron chi connectivity index (χ1n) is 17.0. The predicted octanol–water partition coefficient (Wildman–Crippen LogP) is 7.43. The van der Waals surface area contributed by atoms with Crippen molar-refractivity contribution in [3.63, 3.8) is 0 Å². The van der Waals surface area contributed by atoms with Gasteiger partial charge in [-0.2, -0.15) is 0 Å². The molecule has 0 bridgehead atoms. The molecule has 3 atom stereocenters. The van der Waals surface area contributed by atoms with E-state index in [-0.39, 0.29) is 23.5 Å². The fourth-order valence-corrected chi connectivity index (χ4v) is 7.14. The Morgan fingerprint density at radius 3 is 2.18 bits per heavy atom. The Labute approximate surface area is 278 Å². The summed E-state index contributed by atoms with van der Waals surface area (Å²) in [5, 5.41) is 12.0. The Morgan fingerprint density at radius 2 is 1.60 bits per heavy atom. The normalized spacial score (nSPS) is 21.2. The first-order chi connectivity index (χ1) is 21.3. The van der Waals surface area contributed by atoms with Crippen molar-refractivity contribution < 1.29 is 0 Å². The number of nitrogens with one attached hydrogen (secondary N) is 3. The van der Waals surface area contributed by atoms with E-state index in [1.807, 2.05) is 12.1 Å². The van der Waals surface area contributed by atoms with Crippen molar-refractivity contribution in [1.29, 1.82) is 0 Å². The second kappa shape index (κ2) is 15.6. The van der Waals surface area contributed by atoms with Gasteiger partial charge in [0.15, 0.2) is 0 Å². The van der Waals surface area contributed by atoms with Gasteiger partial charge in [0.2, 0.25) is 0 Å². The lowest BCUT2D eigenvalue weighted by molar-refractivity contribution is 0.0906. The van der Waals surface area contributed by atoms with Gasteiger partial charge in [0, 0.05) is 54.3 Å². The van der Waals surface area contributed by atoms with Crippen molar-refractivity contribution in [3.8, 4) is 0 Å². The Hall–Kier alpha value is -2.83. The van der Waals surface area contributed by atoms with Gasteiger partial charge in [0.1, 0.15) is 0 Å². The Morgan fingerprint density at radius 1 is 0.933 bits per heavy atom. The van der Waals surface area contributed by atoms with Crippen LogP contribution >= 0.6 is 11.6 Å². The first-order valence-corrected chi connectivity index (χ1v) is 17.4. The van der Waals surface area contributed by atoms with E-state index in [0.29, 0.717) is 17.7 Å². The molecular weight excluding hydrogens is 576 g/mol. The quantitative estimate of drug-likeness (QED) is 0.151. The summed E-state index contributed by atoms with van der Waals surface area (Å²) in [6.45, 7) is 32.2. The molecule has 1 aliphatic heterocycles. The average molecular weight is 635 g/mol. The molecule has 0 amide bonds. The lowest BCUT2D eigenvalue weighted by Gasteiger charge is -2.47. The predicted molar refractivity (Wildman–Crippen MR) is 192 cm³/mol. The van der Waals surface area contributed by atoms with Gasteiger partial charge in [-0.15, -0.1) is 0 Å². The second-order valence-corrected chi connectivity index (χ2v) is 15.2. The fraction of sp³-hybridized carbons (Fsp3) is 0.579. The maximum absolute atomic E-state index is 6.22. The van der Waals surface area contributed by atoms with Gasteiger partial charge in [-0.3, -0.25) is 4.90 Å². The molecule has 1 saturated heterocycles. The number of hydrogen-bond acceptors (Lipinski definition) is 6. The van der Waals surface area contributed by atoms with E-state index in [0.717, 1.165) is 60.4 Å². The van der Waals surface area contributed by atoms with Crippen molar-refractivity contribution in [3.05, 3.63) is 96.2 Å². The molecule has 1 aromatic rings. The van der Waals surface area contributed by atoms with Gasteiger partial charge in [-0.1, -0.05) is 116 Å². The molecule has 1 heterocycles. The monoisotopic (exact) mass is 634 g/mol. The number of nitrogens with two attached hydrogens (primary N) is 1. The first kappa shape index (κ1) is 35.0. The minimum Gasteiger partial charge on any atom is -0.399 e. The zero-order valence-corrected chi connectivity index (χ0v) is 29.0. The van der Waals surface area contributed by atoms with E-state index in [2.05, 4.69) is 85.0 Å². The molecule has 2 unspecified atom stereocenters. The minimum atomic E-state index is -0.0629. The van der Waals surface area contributed by atoms with Crippen LogP contribution in [0.1, 0.15) is 84.1 Å². The summed E-state index contributed by atoms with van der Waals surface area (Å²) in [6, 6.07) is 8.77. The fourth-order valence-electron chi connectivity index (χ4n) is 7.01. The van der Waals surface area contributed by atoms with Crippen LogP contribution in [-0.4, -0.2) is 53.6 Å². The van der Waals surface area contributed by atoms with Crippen LogP contribution in [0.5, 0.6) is 0 Å². The molecule has 7 heteroatoms. The van der Waals surface area contributed by atoms with Crippen LogP contribution in [0.25, 0.3) is 0 Å². The van der Waals surface area contributed by atoms with Gasteiger partial charge in [-0.25, -0.2) is 0 Å². The van der Waals surface area contributed by atoms with E-state index in [4.69, 9.17) is 23.9 Å². The molecular formula is C38H59ClN6. The third kappa shape index (κ3) is 9.83. The lowest BCUT2D eigenvalue weighted by atomic mass is 9.79. The number of hydrogen-bond donors (Lipinski definition) is 4. The van der Waals surface area contributed by atoms with E-state index < -0.39 is 0 Å². The molecule has 0 spiro atoms. The Bertz CT molecular complexity index is 1200. The highest BCUT2D eigenvalue weighted by atomic mass is 35.5. The molecule has 45 heavy (non-hydrogen) atoms. The maximum Gasteiger partial charge on any atom is 0.0920 e. The molecule has 248 valence electrons. The van der Waals surface area contributed by atoms with Gasteiger partial charge in [-0.05, 0) is 53.9 Å². The van der Waals surface area contributed by atoms with Crippen LogP contribution in [-0.2, 0) is 6.54 Å². The van der Waals surface area contributed by atoms with Crippen LogP contribution in [0, 0.1) is 11.3 Å². The van der Waals surface area contributed by atoms with Crippen molar-refractivity contribution in [1.82, 2.24) is 25.8 Å². The van der Waals surface area contributed by atoms with Crippen LogP contribution in [0.2, 0.25) is 5.02 Å². The summed E-state index contributed by atoms with van der Waals surface area (Å²) < 4.78 is 0. The molecule has 2 aliphatic carbocycles. The summed E-state index contributed by atoms with van der Waals surface area (Å²) in [5.41, 5.74) is 10.8. The van der Waals surface area contributed by atoms with Crippen molar-refractivity contribution in [2.75, 3.05) is 19.6 Å². The number of rotatable bonds is 15. The minimum absolute atomic E-state index is 0.0226. The van der Waals surface area contributed by atoms with Gasteiger partial charge < -0.3 is 26.6 Å². The maximum atomic E-state index is 6.22. The van der Waals surface area contributed by atoms with E-state index >= 15 is 0 Å². The Kier molecular flexibility index (Phi) is 12.2. The zero-order chi connectivity index (χ0) is 32.7. The smallest absolute Gasteiger partial charge is 0.0920 e. The number of nitrogens with zero attached hydrogens (tertiary/aromatic N) is 2. The van der Waals surface area contributed by atoms with Gasteiger partial charge in [0.05, 0.1) is 23.9 Å². The van der Waals surface area contributed by atoms with Crippen molar-refractivity contribution in [2.45, 2.75) is 109 Å². The largest absolute Gasteiger partial charge is 0.399 e. The molecule has 3 aliphatic rings. The summed E-state index contributed by atoms with van der Waals surface area (Å²) in [5.74, 6) is 1.58. The van der Waals surface area contributed by atoms with Gasteiger partial charge >= 0.3 is 0 Å². The van der Waals surface area contributed by atoms with Crippen molar-refractivity contribution >= 4 is 11.6 Å². The highest BCUT2D eigenvalue weighted by molar-refractivity contribution is 6.30. The molecule has 1 aromatic carbocycles. The Balaban J connectivity index is 1.52. The highest BCUT2D eigenvalue weighted by Gasteiger charge is 2.36. The third-order valence-electron chi connectivity index (χ3n) is 10.1. The molecule has 2 saturated carbocycles. The van der Waals surface area contributed by atoms with Gasteiger partial charge in [0.25, 0.3) is 0 Å². The topological polar surface area (TPSA) is 68.6 Å². The van der Waals surface area contributed by atoms with Crippen LogP contribution in [0.15, 0.2) is 85.6 Å². The van der Waals surface area contributed by atoms with Crippen LogP contribution in [0.3, 0.4) is 0 Å². The molecule has 4 rings (SSSR count). The molecule has 5 N–H and O–H groups in total. The van der Waals surface area contributed by atoms with E-state index in [1.54, 1.807) is 0 Å². The SMILES string of the molecule is C=C(NC1CCCCC1)N[C@H](C(=C)N1CCN(Cc2ccc(Cl)cc2)C(C(=C)NC(CC2CCC2)C(=C)C(=C)N)C1)C(C)(C)C. The molecule has 3 fully saturated rings. The van der Waals surface area contributed by atoms with Crippen molar-refractivity contribution in [2.24, 2.45) is 17.1 Å². The highest BCUT2D eigenvalue weighted by Crippen LogP contribution is 2.34. The van der Waals surface area contributed by atoms with Crippen LogP contribution < -0.4 is 21.7 Å². The molecule has 0 aromatic heterocycles. The average Bonchev–Trinajstić information content (AvgIpc) is 2.97. The van der Waals surface area contributed by atoms with Crippen LogP contribution in [0.4, 0.5) is 0 Å². The summed E-state index contributed by atoms with van der Waals surface area (Å²) in [6.07, 6.45) is 11.1. The zero-order valence-electron chi connectivity index (χ0n) is 28.3. The molecule has 0 radical (unpaired) electrons.